The molecule has 0 aromatic heterocycles. The van der Waals surface area contributed by atoms with E-state index in [0.29, 0.717) is 18.8 Å². The van der Waals surface area contributed by atoms with Crippen molar-refractivity contribution in [3.8, 4) is 17.6 Å². The Morgan fingerprint density at radius 2 is 1.65 bits per heavy atom. The van der Waals surface area contributed by atoms with Crippen LogP contribution in [0.4, 0.5) is 4.39 Å². The number of halogens is 1. The molecule has 0 amide bonds. The normalized spacial score (nSPS) is 9.80. The third kappa shape index (κ3) is 3.99. The minimum atomic E-state index is -0.381. The lowest BCUT2D eigenvalue weighted by molar-refractivity contribution is 0.211. The van der Waals surface area contributed by atoms with Crippen molar-refractivity contribution >= 4 is 0 Å². The van der Waals surface area contributed by atoms with Gasteiger partial charge in [-0.1, -0.05) is 24.3 Å². The van der Waals surface area contributed by atoms with Gasteiger partial charge in [-0.25, -0.2) is 4.39 Å². The first kappa shape index (κ1) is 13.9. The van der Waals surface area contributed by atoms with Gasteiger partial charge >= 0.3 is 0 Å². The van der Waals surface area contributed by atoms with Gasteiger partial charge in [-0.05, 0) is 29.8 Å². The van der Waals surface area contributed by atoms with Crippen molar-refractivity contribution < 1.29 is 13.9 Å². The van der Waals surface area contributed by atoms with Crippen LogP contribution in [0.25, 0.3) is 0 Å². The Morgan fingerprint density at radius 1 is 0.950 bits per heavy atom. The van der Waals surface area contributed by atoms with Crippen molar-refractivity contribution in [1.29, 1.82) is 5.26 Å². The molecule has 20 heavy (non-hydrogen) atoms. The van der Waals surface area contributed by atoms with E-state index in [0.717, 1.165) is 5.56 Å². The van der Waals surface area contributed by atoms with Crippen LogP contribution in [0.15, 0.2) is 48.5 Å². The van der Waals surface area contributed by atoms with Crippen LogP contribution >= 0.6 is 0 Å². The van der Waals surface area contributed by atoms with Gasteiger partial charge in [0, 0.05) is 0 Å². The van der Waals surface area contributed by atoms with Crippen LogP contribution in [0, 0.1) is 17.1 Å². The third-order valence-electron chi connectivity index (χ3n) is 2.65. The molecular formula is C16H14FNO2. The molecule has 102 valence electrons. The molecule has 0 spiro atoms. The first-order valence-corrected chi connectivity index (χ1v) is 6.25. The SMILES string of the molecule is N#CCc1ccc(OCCOc2ccccc2F)cc1. The second kappa shape index (κ2) is 7.15. The second-order valence-electron chi connectivity index (χ2n) is 4.11. The van der Waals surface area contributed by atoms with Crippen molar-refractivity contribution in [2.24, 2.45) is 0 Å². The maximum Gasteiger partial charge on any atom is 0.165 e. The fourth-order valence-electron chi connectivity index (χ4n) is 1.67. The van der Waals surface area contributed by atoms with Gasteiger partial charge in [0.05, 0.1) is 12.5 Å². The van der Waals surface area contributed by atoms with Crippen LogP contribution in [0.3, 0.4) is 0 Å². The highest BCUT2D eigenvalue weighted by molar-refractivity contribution is 5.28. The first-order valence-electron chi connectivity index (χ1n) is 6.25. The van der Waals surface area contributed by atoms with E-state index in [4.69, 9.17) is 14.7 Å². The van der Waals surface area contributed by atoms with Gasteiger partial charge in [0.15, 0.2) is 11.6 Å². The summed E-state index contributed by atoms with van der Waals surface area (Å²) in [4.78, 5) is 0. The molecular weight excluding hydrogens is 257 g/mol. The Morgan fingerprint density at radius 3 is 2.35 bits per heavy atom. The number of para-hydroxylation sites is 1. The van der Waals surface area contributed by atoms with E-state index in [1.165, 1.54) is 6.07 Å². The van der Waals surface area contributed by atoms with Crippen molar-refractivity contribution in [1.82, 2.24) is 0 Å². The molecule has 0 heterocycles. The summed E-state index contributed by atoms with van der Waals surface area (Å²) in [6.45, 7) is 0.590. The van der Waals surface area contributed by atoms with Gasteiger partial charge in [-0.2, -0.15) is 5.26 Å². The molecule has 0 N–H and O–H groups in total. The average Bonchev–Trinajstić information content (AvgIpc) is 2.47. The zero-order chi connectivity index (χ0) is 14.2. The molecule has 2 aromatic rings. The number of rotatable bonds is 6. The van der Waals surface area contributed by atoms with Crippen LogP contribution in [0.1, 0.15) is 5.56 Å². The highest BCUT2D eigenvalue weighted by Gasteiger charge is 2.01. The van der Waals surface area contributed by atoms with Crippen molar-refractivity contribution in [3.63, 3.8) is 0 Å². The molecule has 0 saturated heterocycles. The molecule has 0 bridgehead atoms. The number of hydrogen-bond donors (Lipinski definition) is 0. The van der Waals surface area contributed by atoms with E-state index in [-0.39, 0.29) is 18.2 Å². The molecule has 0 unspecified atom stereocenters. The molecule has 2 aromatic carbocycles. The molecule has 0 aliphatic heterocycles. The van der Waals surface area contributed by atoms with E-state index in [1.807, 2.05) is 12.1 Å². The summed E-state index contributed by atoms with van der Waals surface area (Å²) in [5, 5.41) is 8.56. The van der Waals surface area contributed by atoms with Crippen LogP contribution < -0.4 is 9.47 Å². The fourth-order valence-corrected chi connectivity index (χ4v) is 1.67. The molecule has 2 rings (SSSR count). The molecule has 4 heteroatoms. The van der Waals surface area contributed by atoms with Crippen molar-refractivity contribution in [3.05, 3.63) is 59.9 Å². The van der Waals surface area contributed by atoms with Gasteiger partial charge in [-0.15, -0.1) is 0 Å². The summed E-state index contributed by atoms with van der Waals surface area (Å²) >= 11 is 0. The number of nitrogens with zero attached hydrogens (tertiary/aromatic N) is 1. The molecule has 0 fully saturated rings. The first-order chi connectivity index (χ1) is 9.79. The molecule has 0 saturated carbocycles. The van der Waals surface area contributed by atoms with Gasteiger partial charge in [0.1, 0.15) is 19.0 Å². The second-order valence-corrected chi connectivity index (χ2v) is 4.11. The Hall–Kier alpha value is -2.54. The zero-order valence-corrected chi connectivity index (χ0v) is 10.9. The van der Waals surface area contributed by atoms with Crippen molar-refractivity contribution in [2.45, 2.75) is 6.42 Å². The predicted molar refractivity (Wildman–Crippen MR) is 73.1 cm³/mol. The summed E-state index contributed by atoms with van der Waals surface area (Å²) in [5.41, 5.74) is 0.947. The largest absolute Gasteiger partial charge is 0.490 e. The standard InChI is InChI=1S/C16H14FNO2/c17-15-3-1-2-4-16(15)20-12-11-19-14-7-5-13(6-8-14)9-10-18/h1-8H,9,11-12H2. The highest BCUT2D eigenvalue weighted by Crippen LogP contribution is 2.16. The number of benzene rings is 2. The summed E-state index contributed by atoms with van der Waals surface area (Å²) in [7, 11) is 0. The summed E-state index contributed by atoms with van der Waals surface area (Å²) in [6, 6.07) is 15.6. The van der Waals surface area contributed by atoms with E-state index in [9.17, 15) is 4.39 Å². The Balaban J connectivity index is 1.76. The quantitative estimate of drug-likeness (QED) is 0.757. The van der Waals surface area contributed by atoms with Gasteiger partial charge in [0.25, 0.3) is 0 Å². The average molecular weight is 271 g/mol. The van der Waals surface area contributed by atoms with Crippen LogP contribution in [-0.2, 0) is 6.42 Å². The smallest absolute Gasteiger partial charge is 0.165 e. The summed E-state index contributed by atoms with van der Waals surface area (Å²) in [6.07, 6.45) is 0.386. The van der Waals surface area contributed by atoms with Gasteiger partial charge in [-0.3, -0.25) is 0 Å². The number of nitriles is 1. The maximum absolute atomic E-state index is 13.3. The Labute approximate surface area is 117 Å². The van der Waals surface area contributed by atoms with Gasteiger partial charge < -0.3 is 9.47 Å². The molecule has 0 aliphatic rings. The lowest BCUT2D eigenvalue weighted by atomic mass is 10.2. The van der Waals surface area contributed by atoms with Gasteiger partial charge in [0.2, 0.25) is 0 Å². The van der Waals surface area contributed by atoms with E-state index in [1.54, 1.807) is 30.3 Å². The van der Waals surface area contributed by atoms with Crippen LogP contribution in [0.2, 0.25) is 0 Å². The lowest BCUT2D eigenvalue weighted by Crippen LogP contribution is -2.09. The zero-order valence-electron chi connectivity index (χ0n) is 10.9. The fraction of sp³-hybridized carbons (Fsp3) is 0.188. The topological polar surface area (TPSA) is 42.2 Å². The van der Waals surface area contributed by atoms with Crippen molar-refractivity contribution in [2.75, 3.05) is 13.2 Å². The minimum Gasteiger partial charge on any atom is -0.490 e. The lowest BCUT2D eigenvalue weighted by Gasteiger charge is -2.09. The third-order valence-corrected chi connectivity index (χ3v) is 2.65. The molecule has 0 radical (unpaired) electrons. The number of hydrogen-bond acceptors (Lipinski definition) is 3. The molecule has 3 nitrogen and oxygen atoms in total. The monoisotopic (exact) mass is 271 g/mol. The Bertz CT molecular complexity index is 590. The maximum atomic E-state index is 13.3. The van der Waals surface area contributed by atoms with E-state index in [2.05, 4.69) is 6.07 Å². The van der Waals surface area contributed by atoms with Crippen LogP contribution in [-0.4, -0.2) is 13.2 Å². The van der Waals surface area contributed by atoms with E-state index < -0.39 is 0 Å². The van der Waals surface area contributed by atoms with Crippen LogP contribution in [0.5, 0.6) is 11.5 Å². The molecule has 0 atom stereocenters. The summed E-state index contributed by atoms with van der Waals surface area (Å²) < 4.78 is 24.0. The predicted octanol–water partition coefficient (Wildman–Crippen LogP) is 3.35. The highest BCUT2D eigenvalue weighted by atomic mass is 19.1. The minimum absolute atomic E-state index is 0.223. The van der Waals surface area contributed by atoms with E-state index >= 15 is 0 Å². The Kier molecular flexibility index (Phi) is 4.96. The molecule has 0 aliphatic carbocycles. The number of ether oxygens (including phenoxy) is 2. The summed E-state index contributed by atoms with van der Waals surface area (Å²) in [5.74, 6) is 0.539.